The van der Waals surface area contributed by atoms with Gasteiger partial charge in [0.05, 0.1) is 51.9 Å². The van der Waals surface area contributed by atoms with Gasteiger partial charge in [-0.2, -0.15) is 0 Å². The zero-order valence-electron chi connectivity index (χ0n) is 14.8. The summed E-state index contributed by atoms with van der Waals surface area (Å²) in [5, 5.41) is 54.5. The molecule has 0 aromatic heterocycles. The highest BCUT2D eigenvalue weighted by atomic mass is 16.4. The first-order valence-electron chi connectivity index (χ1n) is 7.95. The molecule has 158 valence electrons. The number of rotatable bonds is 15. The van der Waals surface area contributed by atoms with Crippen LogP contribution in [0, 0.1) is 0 Å². The number of nitrogens with two attached hydrogens (primary N) is 1. The highest BCUT2D eigenvalue weighted by Gasteiger charge is 2.16. The number of aliphatic carboxylic acids is 4. The summed E-state index contributed by atoms with van der Waals surface area (Å²) in [7, 11) is 0. The number of carboxylic acids is 4. The summed E-state index contributed by atoms with van der Waals surface area (Å²) in [6.07, 6.45) is 0. The molecular formula is C14H27N3O10. The Morgan fingerprint density at radius 1 is 0.704 bits per heavy atom. The van der Waals surface area contributed by atoms with Crippen molar-refractivity contribution in [3.8, 4) is 0 Å². The minimum absolute atomic E-state index is 0.0981. The number of aliphatic hydroxyl groups excluding tert-OH is 2. The van der Waals surface area contributed by atoms with Crippen LogP contribution in [0.2, 0.25) is 0 Å². The zero-order valence-corrected chi connectivity index (χ0v) is 14.8. The van der Waals surface area contributed by atoms with Crippen LogP contribution in [-0.2, 0) is 19.2 Å². The van der Waals surface area contributed by atoms with Crippen LogP contribution < -0.4 is 10.4 Å². The van der Waals surface area contributed by atoms with Gasteiger partial charge < -0.3 is 40.8 Å². The van der Waals surface area contributed by atoms with Crippen molar-refractivity contribution in [2.75, 3.05) is 65.6 Å². The lowest BCUT2D eigenvalue weighted by Crippen LogP contribution is -2.85. The lowest BCUT2D eigenvalue weighted by molar-refractivity contribution is -0.657. The van der Waals surface area contributed by atoms with Gasteiger partial charge in [0, 0.05) is 19.6 Å². The molecule has 0 amide bonds. The average Bonchev–Trinajstić information content (AvgIpc) is 2.51. The number of hydrogen-bond acceptors (Lipinski definition) is 9. The SMILES string of the molecule is O=C([O-])CN(CCN(CC(=O)O)CC(=O)O)CC(=O)O.OCC[NH2+]CCO. The second kappa shape index (κ2) is 17.1. The van der Waals surface area contributed by atoms with Crippen molar-refractivity contribution in [1.29, 1.82) is 0 Å². The molecule has 0 aromatic carbocycles. The van der Waals surface area contributed by atoms with Crippen molar-refractivity contribution < 1.29 is 55.1 Å². The lowest BCUT2D eigenvalue weighted by atomic mass is 10.4. The fourth-order valence-electron chi connectivity index (χ4n) is 1.79. The molecule has 0 aliphatic carbocycles. The van der Waals surface area contributed by atoms with Crippen molar-refractivity contribution in [2.24, 2.45) is 0 Å². The fraction of sp³-hybridized carbons (Fsp3) is 0.714. The Hall–Kier alpha value is -2.32. The number of nitrogens with zero attached hydrogens (tertiary/aromatic N) is 2. The molecule has 0 saturated carbocycles. The molecule has 0 atom stereocenters. The smallest absolute Gasteiger partial charge is 0.317 e. The Balaban J connectivity index is 0. The van der Waals surface area contributed by atoms with Crippen molar-refractivity contribution in [2.45, 2.75) is 0 Å². The molecule has 0 saturated heterocycles. The summed E-state index contributed by atoms with van der Waals surface area (Å²) in [5.41, 5.74) is 0. The van der Waals surface area contributed by atoms with Crippen molar-refractivity contribution >= 4 is 23.9 Å². The van der Waals surface area contributed by atoms with Crippen molar-refractivity contribution in [3.63, 3.8) is 0 Å². The Morgan fingerprint density at radius 3 is 1.30 bits per heavy atom. The van der Waals surface area contributed by atoms with Gasteiger partial charge in [0.25, 0.3) is 0 Å². The first kappa shape index (κ1) is 26.9. The molecule has 13 nitrogen and oxygen atoms in total. The molecule has 0 fully saturated rings. The summed E-state index contributed by atoms with van der Waals surface area (Å²) in [4.78, 5) is 44.1. The van der Waals surface area contributed by atoms with E-state index in [0.29, 0.717) is 13.1 Å². The van der Waals surface area contributed by atoms with E-state index in [4.69, 9.17) is 25.5 Å². The minimum atomic E-state index is -1.48. The standard InChI is InChI=1S/C10H16N2O8.C4H11NO2/c13-7(14)3-11(4-8(15)16)1-2-12(5-9(17)18)6-10(19)20;6-3-1-5-2-4-7/h1-6H2,(H,13,14)(H,15,16)(H,17,18)(H,19,20);5-7H,1-4H2. The van der Waals surface area contributed by atoms with Gasteiger partial charge in [-0.05, 0) is 0 Å². The third-order valence-electron chi connectivity index (χ3n) is 2.83. The van der Waals surface area contributed by atoms with Crippen LogP contribution in [0.25, 0.3) is 0 Å². The molecule has 0 aliphatic rings. The molecule has 0 aromatic rings. The number of carbonyl (C=O) groups excluding carboxylic acids is 1. The Labute approximate surface area is 155 Å². The molecule has 0 rings (SSSR count). The molecule has 0 aliphatic heterocycles. The molecule has 0 heterocycles. The van der Waals surface area contributed by atoms with E-state index in [0.717, 1.165) is 9.80 Å². The lowest BCUT2D eigenvalue weighted by Gasteiger charge is -2.24. The number of hydrogen-bond donors (Lipinski definition) is 6. The number of quaternary nitrogens is 1. The molecule has 0 spiro atoms. The van der Waals surface area contributed by atoms with E-state index in [1.165, 1.54) is 0 Å². The highest BCUT2D eigenvalue weighted by Crippen LogP contribution is 1.93. The van der Waals surface area contributed by atoms with Crippen LogP contribution in [0.3, 0.4) is 0 Å². The Kier molecular flexibility index (Phi) is 17.1. The van der Waals surface area contributed by atoms with Gasteiger partial charge in [-0.3, -0.25) is 24.2 Å². The van der Waals surface area contributed by atoms with E-state index in [1.807, 2.05) is 5.32 Å². The number of aliphatic hydroxyl groups is 2. The van der Waals surface area contributed by atoms with Crippen LogP contribution in [0.4, 0.5) is 0 Å². The summed E-state index contributed by atoms with van der Waals surface area (Å²) in [6, 6.07) is 0. The molecular weight excluding hydrogens is 370 g/mol. The maximum Gasteiger partial charge on any atom is 0.317 e. The maximum atomic E-state index is 10.5. The first-order chi connectivity index (χ1) is 12.6. The third kappa shape index (κ3) is 21.6. The van der Waals surface area contributed by atoms with Crippen molar-refractivity contribution in [1.82, 2.24) is 9.80 Å². The maximum absolute atomic E-state index is 10.5. The van der Waals surface area contributed by atoms with Gasteiger partial charge in [0.15, 0.2) is 0 Å². The van der Waals surface area contributed by atoms with Gasteiger partial charge in [0.1, 0.15) is 0 Å². The van der Waals surface area contributed by atoms with Gasteiger partial charge in [0.2, 0.25) is 0 Å². The normalized spacial score (nSPS) is 10.4. The summed E-state index contributed by atoms with van der Waals surface area (Å²) >= 11 is 0. The largest absolute Gasteiger partial charge is 0.549 e. The molecule has 7 N–H and O–H groups in total. The van der Waals surface area contributed by atoms with E-state index >= 15 is 0 Å². The van der Waals surface area contributed by atoms with Gasteiger partial charge in [-0.25, -0.2) is 0 Å². The fourth-order valence-corrected chi connectivity index (χ4v) is 1.79. The van der Waals surface area contributed by atoms with Gasteiger partial charge in [-0.1, -0.05) is 0 Å². The number of carbonyl (C=O) groups is 4. The predicted molar refractivity (Wildman–Crippen MR) is 86.6 cm³/mol. The Morgan fingerprint density at radius 2 is 1.04 bits per heavy atom. The predicted octanol–water partition coefficient (Wildman–Crippen LogP) is -5.87. The van der Waals surface area contributed by atoms with Crippen LogP contribution >= 0.6 is 0 Å². The van der Waals surface area contributed by atoms with E-state index < -0.39 is 50.1 Å². The summed E-state index contributed by atoms with van der Waals surface area (Å²) in [6.45, 7) is -0.722. The monoisotopic (exact) mass is 397 g/mol. The van der Waals surface area contributed by atoms with Gasteiger partial charge in [-0.15, -0.1) is 0 Å². The second-order valence-electron chi connectivity index (χ2n) is 5.29. The average molecular weight is 397 g/mol. The highest BCUT2D eigenvalue weighted by molar-refractivity contribution is 5.73. The van der Waals surface area contributed by atoms with E-state index in [1.54, 1.807) is 0 Å². The summed E-state index contributed by atoms with van der Waals surface area (Å²) in [5.74, 6) is -5.21. The quantitative estimate of drug-likeness (QED) is 0.142. The molecule has 13 heteroatoms. The zero-order chi connectivity index (χ0) is 21.2. The molecule has 0 radical (unpaired) electrons. The third-order valence-corrected chi connectivity index (χ3v) is 2.83. The second-order valence-corrected chi connectivity index (χ2v) is 5.29. The van der Waals surface area contributed by atoms with E-state index in [2.05, 4.69) is 0 Å². The Bertz CT molecular complexity index is 388. The van der Waals surface area contributed by atoms with Crippen molar-refractivity contribution in [3.05, 3.63) is 0 Å². The molecule has 0 bridgehead atoms. The topological polar surface area (TPSA) is 216 Å². The van der Waals surface area contributed by atoms with Crippen LogP contribution in [0.1, 0.15) is 0 Å². The van der Waals surface area contributed by atoms with Crippen LogP contribution in [0.5, 0.6) is 0 Å². The number of carboxylic acid groups (broad SMARTS) is 4. The van der Waals surface area contributed by atoms with Crippen LogP contribution in [0.15, 0.2) is 0 Å². The molecule has 27 heavy (non-hydrogen) atoms. The summed E-state index contributed by atoms with van der Waals surface area (Å²) < 4.78 is 0. The van der Waals surface area contributed by atoms with Gasteiger partial charge >= 0.3 is 17.9 Å². The minimum Gasteiger partial charge on any atom is -0.549 e. The first-order valence-corrected chi connectivity index (χ1v) is 7.95. The molecule has 0 unspecified atom stereocenters. The van der Waals surface area contributed by atoms with E-state index in [-0.39, 0.29) is 26.3 Å². The van der Waals surface area contributed by atoms with Crippen LogP contribution in [-0.4, -0.2) is 125 Å². The van der Waals surface area contributed by atoms with E-state index in [9.17, 15) is 24.3 Å².